The van der Waals surface area contributed by atoms with Gasteiger partial charge in [0, 0.05) is 11.5 Å². The predicted molar refractivity (Wildman–Crippen MR) is 72.2 cm³/mol. The van der Waals surface area contributed by atoms with E-state index >= 15 is 0 Å². The molecule has 4 rings (SSSR count). The van der Waals surface area contributed by atoms with Crippen molar-refractivity contribution in [2.75, 3.05) is 0 Å². The van der Waals surface area contributed by atoms with Gasteiger partial charge in [-0.2, -0.15) is 0 Å². The Labute approximate surface area is 113 Å². The monoisotopic (exact) mass is 268 g/mol. The number of H-pyrrole nitrogens is 2. The first-order valence-electron chi connectivity index (χ1n) is 6.43. The molecule has 6 nitrogen and oxygen atoms in total. The predicted octanol–water partition coefficient (Wildman–Crippen LogP) is 2.14. The highest BCUT2D eigenvalue weighted by Gasteiger charge is 2.46. The van der Waals surface area contributed by atoms with E-state index in [1.54, 1.807) is 12.5 Å². The zero-order valence-corrected chi connectivity index (χ0v) is 10.5. The van der Waals surface area contributed by atoms with Crippen LogP contribution in [0.15, 0.2) is 30.7 Å². The quantitative estimate of drug-likeness (QED) is 0.678. The van der Waals surface area contributed by atoms with Gasteiger partial charge in [-0.25, -0.2) is 9.97 Å². The summed E-state index contributed by atoms with van der Waals surface area (Å²) in [4.78, 5) is 25.7. The van der Waals surface area contributed by atoms with Crippen molar-refractivity contribution >= 4 is 17.0 Å². The second-order valence-corrected chi connectivity index (χ2v) is 5.10. The molecule has 0 aliphatic heterocycles. The highest BCUT2D eigenvalue weighted by atomic mass is 16.4. The molecule has 0 spiro atoms. The number of hydrogen-bond donors (Lipinski definition) is 3. The Morgan fingerprint density at radius 1 is 1.35 bits per heavy atom. The lowest BCUT2D eigenvalue weighted by atomic mass is 10.1. The van der Waals surface area contributed by atoms with E-state index in [4.69, 9.17) is 5.11 Å². The van der Waals surface area contributed by atoms with Crippen LogP contribution in [0.3, 0.4) is 0 Å². The molecule has 1 aliphatic rings. The second kappa shape index (κ2) is 3.93. The third kappa shape index (κ3) is 1.69. The highest BCUT2D eigenvalue weighted by Crippen LogP contribution is 2.46. The van der Waals surface area contributed by atoms with E-state index in [9.17, 15) is 4.79 Å². The maximum Gasteiger partial charge on any atom is 0.307 e. The van der Waals surface area contributed by atoms with Gasteiger partial charge in [0.15, 0.2) is 0 Å². The van der Waals surface area contributed by atoms with Gasteiger partial charge in [0.2, 0.25) is 0 Å². The molecule has 20 heavy (non-hydrogen) atoms. The molecule has 1 aromatic carbocycles. The van der Waals surface area contributed by atoms with Crippen molar-refractivity contribution in [3.63, 3.8) is 0 Å². The van der Waals surface area contributed by atoms with Crippen LogP contribution in [0.2, 0.25) is 0 Å². The second-order valence-electron chi connectivity index (χ2n) is 5.10. The molecule has 1 fully saturated rings. The smallest absolute Gasteiger partial charge is 0.307 e. The average molecular weight is 268 g/mol. The van der Waals surface area contributed by atoms with Crippen LogP contribution in [-0.4, -0.2) is 31.0 Å². The van der Waals surface area contributed by atoms with Gasteiger partial charge in [0.1, 0.15) is 5.82 Å². The zero-order chi connectivity index (χ0) is 13.7. The van der Waals surface area contributed by atoms with Crippen LogP contribution >= 0.6 is 0 Å². The summed E-state index contributed by atoms with van der Waals surface area (Å²) in [7, 11) is 0. The molecular weight excluding hydrogens is 256 g/mol. The van der Waals surface area contributed by atoms with Crippen LogP contribution in [-0.2, 0) is 4.79 Å². The number of aromatic nitrogens is 4. The molecule has 2 unspecified atom stereocenters. The summed E-state index contributed by atoms with van der Waals surface area (Å²) in [5, 5.41) is 8.95. The normalized spacial score (nSPS) is 21.2. The Kier molecular flexibility index (Phi) is 2.20. The van der Waals surface area contributed by atoms with Crippen LogP contribution < -0.4 is 0 Å². The maximum absolute atomic E-state index is 10.9. The molecule has 0 saturated heterocycles. The Hall–Kier alpha value is -2.63. The SMILES string of the molecule is O=C(O)C1CC1c1ncc(-c2ccc3nc[nH]c3c2)[nH]1. The van der Waals surface area contributed by atoms with Crippen LogP contribution in [0.5, 0.6) is 0 Å². The van der Waals surface area contributed by atoms with Crippen molar-refractivity contribution in [3.05, 3.63) is 36.5 Å². The van der Waals surface area contributed by atoms with E-state index < -0.39 is 5.97 Å². The molecule has 3 aromatic rings. The minimum atomic E-state index is -0.744. The number of aromatic amines is 2. The number of nitrogens with zero attached hydrogens (tertiary/aromatic N) is 2. The number of carbonyl (C=O) groups is 1. The topological polar surface area (TPSA) is 94.7 Å². The number of aliphatic carboxylic acids is 1. The van der Waals surface area contributed by atoms with Crippen LogP contribution in [0.1, 0.15) is 18.2 Å². The summed E-state index contributed by atoms with van der Waals surface area (Å²) in [5.74, 6) is -0.245. The average Bonchev–Trinajstić information content (AvgIpc) is 2.89. The third-order valence-electron chi connectivity index (χ3n) is 3.79. The lowest BCUT2D eigenvalue weighted by Crippen LogP contribution is -1.99. The molecule has 0 bridgehead atoms. The Balaban J connectivity index is 1.66. The number of benzene rings is 1. The van der Waals surface area contributed by atoms with Gasteiger partial charge in [0.25, 0.3) is 0 Å². The highest BCUT2D eigenvalue weighted by molar-refractivity contribution is 5.80. The summed E-state index contributed by atoms with van der Waals surface area (Å²) in [6, 6.07) is 5.92. The molecule has 6 heteroatoms. The lowest BCUT2D eigenvalue weighted by molar-refractivity contribution is -0.138. The van der Waals surface area contributed by atoms with Gasteiger partial charge in [-0.15, -0.1) is 0 Å². The molecule has 2 aromatic heterocycles. The molecule has 3 N–H and O–H groups in total. The first-order valence-corrected chi connectivity index (χ1v) is 6.43. The molecular formula is C14H12N4O2. The van der Waals surface area contributed by atoms with E-state index in [-0.39, 0.29) is 11.8 Å². The molecule has 1 aliphatic carbocycles. The Morgan fingerprint density at radius 3 is 3.05 bits per heavy atom. The van der Waals surface area contributed by atoms with Gasteiger partial charge in [0.05, 0.1) is 35.2 Å². The summed E-state index contributed by atoms with van der Waals surface area (Å²) >= 11 is 0. The van der Waals surface area contributed by atoms with E-state index in [2.05, 4.69) is 19.9 Å². The fourth-order valence-electron chi connectivity index (χ4n) is 2.55. The first kappa shape index (κ1) is 11.2. The number of carboxylic acid groups (broad SMARTS) is 1. The molecule has 100 valence electrons. The molecule has 0 radical (unpaired) electrons. The fraction of sp³-hybridized carbons (Fsp3) is 0.214. The van der Waals surface area contributed by atoms with Crippen LogP contribution in [0.4, 0.5) is 0 Å². The van der Waals surface area contributed by atoms with Crippen molar-refractivity contribution in [2.45, 2.75) is 12.3 Å². The van der Waals surface area contributed by atoms with Gasteiger partial charge in [-0.3, -0.25) is 4.79 Å². The third-order valence-corrected chi connectivity index (χ3v) is 3.79. The Morgan fingerprint density at radius 2 is 2.25 bits per heavy atom. The molecule has 2 atom stereocenters. The minimum absolute atomic E-state index is 0.0251. The number of hydrogen-bond acceptors (Lipinski definition) is 3. The molecule has 2 heterocycles. The van der Waals surface area contributed by atoms with Crippen molar-refractivity contribution in [3.8, 4) is 11.3 Å². The maximum atomic E-state index is 10.9. The van der Waals surface area contributed by atoms with Gasteiger partial charge in [-0.05, 0) is 18.6 Å². The number of rotatable bonds is 3. The van der Waals surface area contributed by atoms with Gasteiger partial charge >= 0.3 is 5.97 Å². The van der Waals surface area contributed by atoms with E-state index in [1.165, 1.54) is 0 Å². The van der Waals surface area contributed by atoms with Crippen molar-refractivity contribution < 1.29 is 9.90 Å². The fourth-order valence-corrected chi connectivity index (χ4v) is 2.55. The summed E-state index contributed by atoms with van der Waals surface area (Å²) in [6.07, 6.45) is 4.08. The number of imidazole rings is 2. The van der Waals surface area contributed by atoms with Gasteiger partial charge < -0.3 is 15.1 Å². The van der Waals surface area contributed by atoms with E-state index in [0.717, 1.165) is 28.1 Å². The first-order chi connectivity index (χ1) is 9.72. The Bertz CT molecular complexity index is 804. The van der Waals surface area contributed by atoms with Crippen LogP contribution in [0, 0.1) is 5.92 Å². The molecule has 0 amide bonds. The standard InChI is InChI=1S/C14H12N4O2/c19-14(20)9-4-8(9)13-15-5-12(18-13)7-1-2-10-11(3-7)17-6-16-10/h1-3,5-6,8-9H,4H2,(H,15,18)(H,16,17)(H,19,20). The lowest BCUT2D eigenvalue weighted by Gasteiger charge is -1.97. The summed E-state index contributed by atoms with van der Waals surface area (Å²) in [5.41, 5.74) is 3.79. The van der Waals surface area contributed by atoms with Gasteiger partial charge in [-0.1, -0.05) is 6.07 Å². The van der Waals surface area contributed by atoms with Crippen LogP contribution in [0.25, 0.3) is 22.3 Å². The zero-order valence-electron chi connectivity index (χ0n) is 10.5. The molecule has 1 saturated carbocycles. The largest absolute Gasteiger partial charge is 0.481 e. The summed E-state index contributed by atoms with van der Waals surface area (Å²) in [6.45, 7) is 0. The van der Waals surface area contributed by atoms with Crippen molar-refractivity contribution in [1.82, 2.24) is 19.9 Å². The van der Waals surface area contributed by atoms with E-state index in [1.807, 2.05) is 18.2 Å². The minimum Gasteiger partial charge on any atom is -0.481 e. The number of carboxylic acids is 1. The summed E-state index contributed by atoms with van der Waals surface area (Å²) < 4.78 is 0. The number of fused-ring (bicyclic) bond motifs is 1. The van der Waals surface area contributed by atoms with E-state index in [0.29, 0.717) is 6.42 Å². The van der Waals surface area contributed by atoms with Crippen molar-refractivity contribution in [2.24, 2.45) is 5.92 Å². The van der Waals surface area contributed by atoms with Crippen molar-refractivity contribution in [1.29, 1.82) is 0 Å². The number of nitrogens with one attached hydrogen (secondary N) is 2.